The second kappa shape index (κ2) is 6.58. The molecule has 0 radical (unpaired) electrons. The van der Waals surface area contributed by atoms with Crippen molar-refractivity contribution in [3.8, 4) is 5.75 Å². The van der Waals surface area contributed by atoms with Crippen LogP contribution < -0.4 is 9.64 Å². The van der Waals surface area contributed by atoms with Gasteiger partial charge in [0.2, 0.25) is 0 Å². The minimum absolute atomic E-state index is 0.00423. The standard InChI is InChI=1S/C18H12F2N2O4S/c19-9-5-10(20)17-11(6-9)21-15(27-17)8-22-12-3-1-2-4-13(12)26-14(18(22)25)7-16(23)24/h1-6,14H,7-8H2,(H,23,24). The highest BCUT2D eigenvalue weighted by molar-refractivity contribution is 7.18. The van der Waals surface area contributed by atoms with E-state index in [1.54, 1.807) is 24.3 Å². The van der Waals surface area contributed by atoms with Gasteiger partial charge in [-0.2, -0.15) is 0 Å². The number of hydrogen-bond donors (Lipinski definition) is 1. The second-order valence-corrected chi connectivity index (χ2v) is 7.02. The van der Waals surface area contributed by atoms with E-state index in [0.717, 1.165) is 23.5 Å². The molecule has 0 bridgehead atoms. The number of hydrogen-bond acceptors (Lipinski definition) is 5. The predicted molar refractivity (Wildman–Crippen MR) is 93.8 cm³/mol. The normalized spacial score (nSPS) is 16.3. The number of benzene rings is 2. The number of aromatic nitrogens is 1. The van der Waals surface area contributed by atoms with Gasteiger partial charge in [-0.05, 0) is 12.1 Å². The summed E-state index contributed by atoms with van der Waals surface area (Å²) in [5, 5.41) is 9.42. The van der Waals surface area contributed by atoms with E-state index in [0.29, 0.717) is 16.4 Å². The van der Waals surface area contributed by atoms with Gasteiger partial charge in [-0.3, -0.25) is 14.5 Å². The number of carbonyl (C=O) groups is 2. The Morgan fingerprint density at radius 2 is 2.07 bits per heavy atom. The van der Waals surface area contributed by atoms with Crippen LogP contribution in [0.2, 0.25) is 0 Å². The molecule has 2 heterocycles. The van der Waals surface area contributed by atoms with Gasteiger partial charge >= 0.3 is 5.97 Å². The van der Waals surface area contributed by atoms with E-state index in [-0.39, 0.29) is 16.8 Å². The lowest BCUT2D eigenvalue weighted by Gasteiger charge is -2.33. The van der Waals surface area contributed by atoms with Crippen molar-refractivity contribution in [1.29, 1.82) is 0 Å². The van der Waals surface area contributed by atoms with Gasteiger partial charge in [0.1, 0.15) is 22.4 Å². The number of amides is 1. The van der Waals surface area contributed by atoms with Crippen molar-refractivity contribution >= 4 is 39.1 Å². The van der Waals surface area contributed by atoms with Gasteiger partial charge in [0.15, 0.2) is 6.10 Å². The molecule has 1 atom stereocenters. The molecule has 27 heavy (non-hydrogen) atoms. The van der Waals surface area contributed by atoms with Crippen molar-refractivity contribution in [2.45, 2.75) is 19.1 Å². The molecule has 2 aromatic carbocycles. The number of carboxylic acid groups (broad SMARTS) is 1. The number of carbonyl (C=O) groups excluding carboxylic acids is 1. The molecule has 1 aliphatic rings. The minimum atomic E-state index is -1.17. The zero-order valence-electron chi connectivity index (χ0n) is 13.7. The maximum absolute atomic E-state index is 13.9. The van der Waals surface area contributed by atoms with Crippen molar-refractivity contribution in [3.63, 3.8) is 0 Å². The van der Waals surface area contributed by atoms with Crippen molar-refractivity contribution < 1.29 is 28.2 Å². The predicted octanol–water partition coefficient (Wildman–Crippen LogP) is 3.34. The molecule has 0 aliphatic carbocycles. The summed E-state index contributed by atoms with van der Waals surface area (Å²) in [6, 6.07) is 8.63. The van der Waals surface area contributed by atoms with Crippen LogP contribution >= 0.6 is 11.3 Å². The summed E-state index contributed by atoms with van der Waals surface area (Å²) in [5.41, 5.74) is 0.638. The van der Waals surface area contributed by atoms with Gasteiger partial charge in [0, 0.05) is 12.1 Å². The Bertz CT molecular complexity index is 1070. The number of fused-ring (bicyclic) bond motifs is 2. The fraction of sp³-hybridized carbons (Fsp3) is 0.167. The monoisotopic (exact) mass is 390 g/mol. The Hall–Kier alpha value is -3.07. The van der Waals surface area contributed by atoms with Gasteiger partial charge in [0.25, 0.3) is 5.91 Å². The number of aliphatic carboxylic acids is 1. The summed E-state index contributed by atoms with van der Waals surface area (Å²) in [7, 11) is 0. The zero-order chi connectivity index (χ0) is 19.1. The van der Waals surface area contributed by atoms with E-state index >= 15 is 0 Å². The van der Waals surface area contributed by atoms with Crippen LogP contribution in [0.5, 0.6) is 5.75 Å². The number of thiazole rings is 1. The second-order valence-electron chi connectivity index (χ2n) is 5.94. The summed E-state index contributed by atoms with van der Waals surface area (Å²) in [6.07, 6.45) is -1.65. The highest BCUT2D eigenvalue weighted by atomic mass is 32.1. The maximum Gasteiger partial charge on any atom is 0.307 e. The topological polar surface area (TPSA) is 79.7 Å². The quantitative estimate of drug-likeness (QED) is 0.739. The molecule has 9 heteroatoms. The van der Waals surface area contributed by atoms with Crippen LogP contribution in [-0.4, -0.2) is 28.1 Å². The van der Waals surface area contributed by atoms with Gasteiger partial charge in [-0.25, -0.2) is 13.8 Å². The molecule has 4 rings (SSSR count). The van der Waals surface area contributed by atoms with E-state index < -0.39 is 36.0 Å². The summed E-state index contributed by atoms with van der Waals surface area (Å²) in [6.45, 7) is -0.00423. The molecule has 138 valence electrons. The number of ether oxygens (including phenoxy) is 1. The summed E-state index contributed by atoms with van der Waals surface area (Å²) in [5.74, 6) is -2.76. The highest BCUT2D eigenvalue weighted by Gasteiger charge is 2.36. The molecule has 1 aromatic heterocycles. The molecular weight excluding hydrogens is 378 g/mol. The first-order valence-electron chi connectivity index (χ1n) is 7.95. The maximum atomic E-state index is 13.9. The van der Waals surface area contributed by atoms with Crippen LogP contribution in [0.15, 0.2) is 36.4 Å². The van der Waals surface area contributed by atoms with E-state index in [1.807, 2.05) is 0 Å². The number of nitrogens with zero attached hydrogens (tertiary/aromatic N) is 2. The van der Waals surface area contributed by atoms with Gasteiger partial charge < -0.3 is 9.84 Å². The molecule has 0 saturated heterocycles. The number of rotatable bonds is 4. The lowest BCUT2D eigenvalue weighted by molar-refractivity contribution is -0.142. The van der Waals surface area contributed by atoms with E-state index in [2.05, 4.69) is 4.98 Å². The Morgan fingerprint density at radius 3 is 2.85 bits per heavy atom. The Balaban J connectivity index is 1.72. The summed E-state index contributed by atoms with van der Waals surface area (Å²) < 4.78 is 33.0. The summed E-state index contributed by atoms with van der Waals surface area (Å²) in [4.78, 5) is 29.4. The fourth-order valence-electron chi connectivity index (χ4n) is 2.94. The molecule has 6 nitrogen and oxygen atoms in total. The Kier molecular flexibility index (Phi) is 4.23. The fourth-order valence-corrected chi connectivity index (χ4v) is 3.87. The van der Waals surface area contributed by atoms with E-state index in [1.165, 1.54) is 4.90 Å². The van der Waals surface area contributed by atoms with Crippen LogP contribution in [-0.2, 0) is 16.1 Å². The van der Waals surface area contributed by atoms with Crippen molar-refractivity contribution in [3.05, 3.63) is 53.0 Å². The molecule has 1 amide bonds. The first-order valence-corrected chi connectivity index (χ1v) is 8.77. The van der Waals surface area contributed by atoms with Crippen molar-refractivity contribution in [2.24, 2.45) is 0 Å². The van der Waals surface area contributed by atoms with E-state index in [9.17, 15) is 18.4 Å². The SMILES string of the molecule is O=C(O)CC1Oc2ccccc2N(Cc2nc3cc(F)cc(F)c3s2)C1=O. The molecular formula is C18H12F2N2O4S. The third-order valence-corrected chi connectivity index (χ3v) is 5.14. The highest BCUT2D eigenvalue weighted by Crippen LogP contribution is 2.36. The molecule has 0 fully saturated rings. The molecule has 3 aromatic rings. The first kappa shape index (κ1) is 17.3. The average molecular weight is 390 g/mol. The number of para-hydroxylation sites is 2. The molecule has 1 N–H and O–H groups in total. The Morgan fingerprint density at radius 1 is 1.30 bits per heavy atom. The third-order valence-electron chi connectivity index (χ3n) is 4.07. The molecule has 1 aliphatic heterocycles. The molecule has 0 spiro atoms. The molecule has 0 saturated carbocycles. The van der Waals surface area contributed by atoms with Crippen LogP contribution in [0, 0.1) is 11.6 Å². The number of carboxylic acids is 1. The van der Waals surface area contributed by atoms with E-state index in [4.69, 9.17) is 9.84 Å². The minimum Gasteiger partial charge on any atom is -0.481 e. The van der Waals surface area contributed by atoms with Gasteiger partial charge in [0.05, 0.1) is 28.9 Å². The largest absolute Gasteiger partial charge is 0.481 e. The lowest BCUT2D eigenvalue weighted by atomic mass is 10.1. The van der Waals surface area contributed by atoms with Crippen LogP contribution in [0.1, 0.15) is 11.4 Å². The van der Waals surface area contributed by atoms with Crippen LogP contribution in [0.3, 0.4) is 0 Å². The smallest absolute Gasteiger partial charge is 0.307 e. The van der Waals surface area contributed by atoms with Gasteiger partial charge in [-0.15, -0.1) is 11.3 Å². The van der Waals surface area contributed by atoms with Crippen LogP contribution in [0.25, 0.3) is 10.2 Å². The number of halogens is 2. The zero-order valence-corrected chi connectivity index (χ0v) is 14.5. The lowest BCUT2D eigenvalue weighted by Crippen LogP contribution is -2.46. The summed E-state index contributed by atoms with van der Waals surface area (Å²) >= 11 is 1.01. The molecule has 1 unspecified atom stereocenters. The first-order chi connectivity index (χ1) is 12.9. The van der Waals surface area contributed by atoms with Crippen LogP contribution in [0.4, 0.5) is 14.5 Å². The average Bonchev–Trinajstić information content (AvgIpc) is 3.01. The van der Waals surface area contributed by atoms with Gasteiger partial charge in [-0.1, -0.05) is 12.1 Å². The third kappa shape index (κ3) is 3.21. The van der Waals surface area contributed by atoms with Crippen molar-refractivity contribution in [2.75, 3.05) is 4.90 Å². The number of anilines is 1. The van der Waals surface area contributed by atoms with Crippen molar-refractivity contribution in [1.82, 2.24) is 4.98 Å². The Labute approximate surface area is 155 Å².